The summed E-state index contributed by atoms with van der Waals surface area (Å²) in [5.41, 5.74) is 2.67. The molecule has 1 aliphatic carbocycles. The molecule has 2 aliphatic rings. The van der Waals surface area contributed by atoms with Crippen LogP contribution in [0.15, 0.2) is 29.7 Å². The molecule has 1 N–H and O–H groups in total. The molecule has 0 amide bonds. The van der Waals surface area contributed by atoms with Crippen LogP contribution in [0.3, 0.4) is 0 Å². The first-order valence-electron chi connectivity index (χ1n) is 8.17. The Morgan fingerprint density at radius 3 is 2.83 bits per heavy atom. The molecule has 1 atom stereocenters. The van der Waals surface area contributed by atoms with Gasteiger partial charge in [0.15, 0.2) is 5.76 Å². The molecule has 0 radical (unpaired) electrons. The molecule has 1 aromatic carbocycles. The van der Waals surface area contributed by atoms with Gasteiger partial charge in [-0.1, -0.05) is 6.07 Å². The first-order valence-corrected chi connectivity index (χ1v) is 8.17. The molecule has 6 nitrogen and oxygen atoms in total. The molecule has 6 heteroatoms. The molecule has 0 spiro atoms. The van der Waals surface area contributed by atoms with Crippen molar-refractivity contribution in [2.75, 3.05) is 27.3 Å². The molecule has 3 rings (SSSR count). The second kappa shape index (κ2) is 7.13. The van der Waals surface area contributed by atoms with Crippen LogP contribution in [0.1, 0.15) is 24.0 Å². The van der Waals surface area contributed by atoms with Gasteiger partial charge in [0.05, 0.1) is 20.8 Å². The highest BCUT2D eigenvalue weighted by molar-refractivity contribution is 5.61. The molecule has 24 heavy (non-hydrogen) atoms. The summed E-state index contributed by atoms with van der Waals surface area (Å²) in [6.45, 7) is 1.18. The SMILES string of the molecule is COC(=O)OC1=C(O)CCN(C2CCc3ccc(OC)cc3C2)C1. The molecule has 0 saturated heterocycles. The van der Waals surface area contributed by atoms with E-state index in [-0.39, 0.29) is 5.76 Å². The number of rotatable bonds is 3. The van der Waals surface area contributed by atoms with Crippen molar-refractivity contribution >= 4 is 6.16 Å². The smallest absolute Gasteiger partial charge is 0.509 e. The lowest BCUT2D eigenvalue weighted by Crippen LogP contribution is -2.43. The van der Waals surface area contributed by atoms with Crippen LogP contribution < -0.4 is 4.74 Å². The van der Waals surface area contributed by atoms with Gasteiger partial charge in [0.25, 0.3) is 0 Å². The average Bonchev–Trinajstić information content (AvgIpc) is 2.62. The highest BCUT2D eigenvalue weighted by atomic mass is 16.7. The summed E-state index contributed by atoms with van der Waals surface area (Å²) in [6.07, 6.45) is 2.68. The number of hydrogen-bond donors (Lipinski definition) is 1. The van der Waals surface area contributed by atoms with Gasteiger partial charge in [-0.2, -0.15) is 0 Å². The number of ether oxygens (including phenoxy) is 3. The zero-order valence-electron chi connectivity index (χ0n) is 14.1. The van der Waals surface area contributed by atoms with Crippen LogP contribution in [0.5, 0.6) is 5.75 Å². The topological polar surface area (TPSA) is 68.2 Å². The summed E-state index contributed by atoms with van der Waals surface area (Å²) in [5, 5.41) is 9.96. The van der Waals surface area contributed by atoms with E-state index in [1.807, 2.05) is 6.07 Å². The van der Waals surface area contributed by atoms with Crippen molar-refractivity contribution in [3.63, 3.8) is 0 Å². The van der Waals surface area contributed by atoms with E-state index < -0.39 is 6.16 Å². The zero-order valence-corrected chi connectivity index (χ0v) is 14.1. The van der Waals surface area contributed by atoms with Gasteiger partial charge in [-0.25, -0.2) is 4.79 Å². The van der Waals surface area contributed by atoms with Crippen LogP contribution in [-0.4, -0.2) is 49.5 Å². The molecule has 0 bridgehead atoms. The van der Waals surface area contributed by atoms with Crippen LogP contribution in [0.25, 0.3) is 0 Å². The normalized spacial score (nSPS) is 21.2. The predicted molar refractivity (Wildman–Crippen MR) is 88.1 cm³/mol. The van der Waals surface area contributed by atoms with Crippen molar-refractivity contribution in [3.8, 4) is 5.75 Å². The Kier molecular flexibility index (Phi) is 4.94. The third kappa shape index (κ3) is 3.48. The Labute approximate surface area is 141 Å². The van der Waals surface area contributed by atoms with Gasteiger partial charge in [-0.15, -0.1) is 0 Å². The zero-order chi connectivity index (χ0) is 17.1. The van der Waals surface area contributed by atoms with Crippen LogP contribution in [0.2, 0.25) is 0 Å². The summed E-state index contributed by atoms with van der Waals surface area (Å²) in [7, 11) is 2.93. The number of fused-ring (bicyclic) bond motifs is 1. The van der Waals surface area contributed by atoms with Crippen molar-refractivity contribution in [2.24, 2.45) is 0 Å². The van der Waals surface area contributed by atoms with Crippen molar-refractivity contribution in [1.29, 1.82) is 0 Å². The highest BCUT2D eigenvalue weighted by Crippen LogP contribution is 2.30. The van der Waals surface area contributed by atoms with E-state index in [1.165, 1.54) is 18.2 Å². The number of benzene rings is 1. The number of nitrogens with zero attached hydrogens (tertiary/aromatic N) is 1. The predicted octanol–water partition coefficient (Wildman–Crippen LogP) is 2.81. The molecular formula is C18H23NO5. The van der Waals surface area contributed by atoms with Crippen molar-refractivity contribution in [1.82, 2.24) is 4.90 Å². The molecule has 1 unspecified atom stereocenters. The minimum atomic E-state index is -0.794. The fourth-order valence-electron chi connectivity index (χ4n) is 3.44. The number of aliphatic hydroxyl groups is 1. The summed E-state index contributed by atoms with van der Waals surface area (Å²) < 4.78 is 14.9. The van der Waals surface area contributed by atoms with Crippen molar-refractivity contribution in [2.45, 2.75) is 31.7 Å². The lowest BCUT2D eigenvalue weighted by atomic mass is 9.87. The molecule has 1 aliphatic heterocycles. The highest BCUT2D eigenvalue weighted by Gasteiger charge is 2.30. The minimum absolute atomic E-state index is 0.134. The van der Waals surface area contributed by atoms with Crippen molar-refractivity contribution in [3.05, 3.63) is 40.8 Å². The van der Waals surface area contributed by atoms with Crippen LogP contribution in [-0.2, 0) is 22.3 Å². The van der Waals surface area contributed by atoms with Gasteiger partial charge in [-0.05, 0) is 42.5 Å². The third-order valence-corrected chi connectivity index (χ3v) is 4.81. The number of hydrogen-bond acceptors (Lipinski definition) is 6. The molecule has 0 fully saturated rings. The summed E-state index contributed by atoms with van der Waals surface area (Å²) in [6, 6.07) is 6.60. The molecule has 1 aromatic rings. The second-order valence-electron chi connectivity index (χ2n) is 6.18. The average molecular weight is 333 g/mol. The number of carbonyl (C=O) groups excluding carboxylic acids is 1. The van der Waals surface area contributed by atoms with Gasteiger partial charge in [0, 0.05) is 19.0 Å². The third-order valence-electron chi connectivity index (χ3n) is 4.81. The van der Waals surface area contributed by atoms with Crippen molar-refractivity contribution < 1.29 is 24.1 Å². The maximum Gasteiger partial charge on any atom is 0.513 e. The Hall–Kier alpha value is -2.21. The fraction of sp³-hybridized carbons (Fsp3) is 0.500. The van der Waals surface area contributed by atoms with Gasteiger partial charge >= 0.3 is 6.16 Å². The largest absolute Gasteiger partial charge is 0.513 e. The van der Waals surface area contributed by atoms with Crippen LogP contribution >= 0.6 is 0 Å². The fourth-order valence-corrected chi connectivity index (χ4v) is 3.44. The first-order chi connectivity index (χ1) is 11.6. The Bertz CT molecular complexity index is 655. The monoisotopic (exact) mass is 333 g/mol. The van der Waals surface area contributed by atoms with Gasteiger partial charge in [-0.3, -0.25) is 4.90 Å². The Morgan fingerprint density at radius 1 is 1.25 bits per heavy atom. The summed E-state index contributed by atoms with van der Waals surface area (Å²) >= 11 is 0. The minimum Gasteiger partial charge on any atom is -0.509 e. The molecular weight excluding hydrogens is 310 g/mol. The number of aliphatic hydroxyl groups excluding tert-OH is 1. The number of methoxy groups -OCH3 is 2. The van der Waals surface area contributed by atoms with E-state index in [9.17, 15) is 9.90 Å². The number of carbonyl (C=O) groups is 1. The van der Waals surface area contributed by atoms with E-state index >= 15 is 0 Å². The lowest BCUT2D eigenvalue weighted by molar-refractivity contribution is 0.0705. The lowest BCUT2D eigenvalue weighted by Gasteiger charge is -2.37. The van der Waals surface area contributed by atoms with Crippen LogP contribution in [0.4, 0.5) is 4.79 Å². The van der Waals surface area contributed by atoms with Gasteiger partial charge < -0.3 is 19.3 Å². The van der Waals surface area contributed by atoms with E-state index in [1.54, 1.807) is 7.11 Å². The van der Waals surface area contributed by atoms with E-state index in [0.717, 1.165) is 31.6 Å². The van der Waals surface area contributed by atoms with E-state index in [4.69, 9.17) is 9.47 Å². The standard InChI is InChI=1S/C18H23NO5/c1-22-15-6-4-12-3-5-14(9-13(12)10-15)19-8-7-16(20)17(11-19)24-18(21)23-2/h4,6,10,14,20H,3,5,7-9,11H2,1-2H3. The van der Waals surface area contributed by atoms with E-state index in [0.29, 0.717) is 24.8 Å². The Morgan fingerprint density at radius 2 is 2.08 bits per heavy atom. The first kappa shape index (κ1) is 16.6. The molecule has 1 heterocycles. The number of aryl methyl sites for hydroxylation is 1. The Balaban J connectivity index is 1.70. The molecule has 130 valence electrons. The quantitative estimate of drug-likeness (QED) is 0.858. The molecule has 0 saturated carbocycles. The van der Waals surface area contributed by atoms with Gasteiger partial charge in [0.1, 0.15) is 11.5 Å². The maximum atomic E-state index is 11.3. The van der Waals surface area contributed by atoms with Crippen LogP contribution in [0, 0.1) is 0 Å². The maximum absolute atomic E-state index is 11.3. The summed E-state index contributed by atoms with van der Waals surface area (Å²) in [5.74, 6) is 1.30. The van der Waals surface area contributed by atoms with Gasteiger partial charge in [0.2, 0.25) is 0 Å². The second-order valence-corrected chi connectivity index (χ2v) is 6.18. The molecule has 0 aromatic heterocycles. The summed E-state index contributed by atoms with van der Waals surface area (Å²) in [4.78, 5) is 13.6. The van der Waals surface area contributed by atoms with E-state index in [2.05, 4.69) is 21.8 Å².